The van der Waals surface area contributed by atoms with E-state index in [1.807, 2.05) is 7.05 Å². The van der Waals surface area contributed by atoms with Crippen LogP contribution in [-0.4, -0.2) is 154 Å². The molecule has 1 aromatic carbocycles. The number of likely N-dealkylation sites (tertiary alicyclic amines) is 2. The molecule has 1 aromatic rings. The van der Waals surface area contributed by atoms with Crippen LogP contribution in [0, 0.1) is 36.5 Å². The Morgan fingerprint density at radius 1 is 0.944 bits per heavy atom. The van der Waals surface area contributed by atoms with Crippen LogP contribution in [0.2, 0.25) is 0 Å². The number of ketones is 2. The van der Waals surface area contributed by atoms with Crippen LogP contribution in [0.3, 0.4) is 0 Å². The van der Waals surface area contributed by atoms with E-state index in [1.165, 1.54) is 39.4 Å². The lowest BCUT2D eigenvalue weighted by Crippen LogP contribution is -2.51. The first-order chi connectivity index (χ1) is 34.0. The largest absolute Gasteiger partial charge is 0.507 e. The maximum Gasteiger partial charge on any atom is 0.317 e. The number of carbonyl (C=O) groups is 5. The Hall–Kier alpha value is -4.67. The van der Waals surface area contributed by atoms with E-state index in [0.29, 0.717) is 29.9 Å². The number of aliphatic hydroxyl groups excluding tert-OH is 2. The number of carbonyl (C=O) groups excluding carboxylic acids is 5. The van der Waals surface area contributed by atoms with Gasteiger partial charge >= 0.3 is 17.7 Å². The molecule has 0 saturated carbocycles. The van der Waals surface area contributed by atoms with Gasteiger partial charge in [-0.05, 0) is 58.8 Å². The van der Waals surface area contributed by atoms with Crippen molar-refractivity contribution in [2.45, 2.75) is 127 Å². The maximum absolute atomic E-state index is 14.9. The number of benzene rings is 1. The molecular formula is C53H72IN5O13. The van der Waals surface area contributed by atoms with E-state index in [-0.39, 0.29) is 63.2 Å². The first-order valence-electron chi connectivity index (χ1n) is 25.1. The molecule has 18 nitrogen and oxygen atoms in total. The highest BCUT2D eigenvalue weighted by molar-refractivity contribution is 14.1. The third kappa shape index (κ3) is 11.4. The fourth-order valence-electron chi connectivity index (χ4n) is 10.7. The van der Waals surface area contributed by atoms with Gasteiger partial charge in [-0.1, -0.05) is 75.4 Å². The third-order valence-corrected chi connectivity index (χ3v) is 15.8. The smallest absolute Gasteiger partial charge is 0.317 e. The van der Waals surface area contributed by atoms with Crippen LogP contribution < -0.4 is 15.4 Å². The number of rotatable bonds is 8. The summed E-state index contributed by atoms with van der Waals surface area (Å²) < 4.78 is 30.4. The number of amides is 1. The number of Topliss-reactive ketones (excluding diaryl/α,β-unsaturated/α-hetero) is 2. The Morgan fingerprint density at radius 3 is 2.28 bits per heavy atom. The predicted molar refractivity (Wildman–Crippen MR) is 276 cm³/mol. The lowest BCUT2D eigenvalue weighted by Gasteiger charge is -2.38. The number of fused-ring (bicyclic) bond motifs is 13. The number of hydrogen-bond donors (Lipinski definition) is 5. The molecule has 0 aromatic heterocycles. The summed E-state index contributed by atoms with van der Waals surface area (Å²) in [6, 6.07) is 0. The maximum atomic E-state index is 14.9. The average Bonchev–Trinajstić information content (AvgIpc) is 3.84. The molecule has 7 aliphatic rings. The molecule has 394 valence electrons. The minimum absolute atomic E-state index is 0.000712. The summed E-state index contributed by atoms with van der Waals surface area (Å²) in [5.41, 5.74) is -0.430. The Balaban J connectivity index is 1.25. The van der Waals surface area contributed by atoms with Crippen molar-refractivity contribution in [3.05, 3.63) is 69.8 Å². The van der Waals surface area contributed by atoms with Crippen LogP contribution in [-0.2, 0) is 33.3 Å². The van der Waals surface area contributed by atoms with Crippen molar-refractivity contribution >= 4 is 57.7 Å². The van der Waals surface area contributed by atoms with E-state index in [4.69, 9.17) is 28.7 Å². The fraction of sp³-hybridized carbons (Fsp3) is 0.623. The highest BCUT2D eigenvalue weighted by Gasteiger charge is 2.54. The molecule has 1 spiro atoms. The van der Waals surface area contributed by atoms with E-state index in [2.05, 4.69) is 49.9 Å². The minimum atomic E-state index is -2.03. The van der Waals surface area contributed by atoms with Gasteiger partial charge in [-0.25, -0.2) is 0 Å². The SMILES string of the molecule is CO[C@H]1/C=C/O[C@@]2(C)Oc3c(C)c(O)c4c(c3C2=O)C2=NC3(CCN(CC(C)I)CC3)NC2=C(NC(=O)/C(C)=C\C=C\[C@H](C)[C@H](O)[C@@H](C)[C@@H](O)[C@@H](C)[C@H](OC(=O)CC(=O)OCC2CCN(C)CC2)[C@@H]1C)C4=O. The van der Waals surface area contributed by atoms with E-state index >= 15 is 0 Å². The zero-order valence-electron chi connectivity index (χ0n) is 43.1. The number of aromatic hydroxyl groups is 1. The number of nitrogens with zero attached hydrogens (tertiary/aromatic N) is 3. The van der Waals surface area contributed by atoms with Crippen LogP contribution in [0.5, 0.6) is 11.5 Å². The van der Waals surface area contributed by atoms with Gasteiger partial charge in [-0.3, -0.25) is 29.0 Å². The van der Waals surface area contributed by atoms with Gasteiger partial charge in [-0.2, -0.15) is 0 Å². The Morgan fingerprint density at radius 2 is 1.62 bits per heavy atom. The van der Waals surface area contributed by atoms with Gasteiger partial charge in [0.25, 0.3) is 11.7 Å². The third-order valence-electron chi connectivity index (χ3n) is 15.4. The van der Waals surface area contributed by atoms with Crippen LogP contribution in [0.25, 0.3) is 0 Å². The number of ether oxygens (including phenoxy) is 5. The lowest BCUT2D eigenvalue weighted by molar-refractivity contribution is -0.168. The molecule has 1 unspecified atom stereocenters. The first kappa shape index (κ1) is 55.1. The van der Waals surface area contributed by atoms with Crippen molar-refractivity contribution in [3.8, 4) is 11.5 Å². The molecule has 19 heteroatoms. The van der Waals surface area contributed by atoms with Crippen molar-refractivity contribution < 1.29 is 63.0 Å². The second kappa shape index (κ2) is 22.4. The van der Waals surface area contributed by atoms with Gasteiger partial charge in [-0.15, -0.1) is 0 Å². The number of halogens is 1. The Bertz CT molecular complexity index is 2450. The number of hydrogen-bond acceptors (Lipinski definition) is 17. The predicted octanol–water partition coefficient (Wildman–Crippen LogP) is 5.04. The van der Waals surface area contributed by atoms with E-state index in [9.17, 15) is 39.3 Å². The van der Waals surface area contributed by atoms with Gasteiger partial charge in [0.2, 0.25) is 5.78 Å². The van der Waals surface area contributed by atoms with E-state index in [0.717, 1.165) is 32.5 Å². The molecule has 2 fully saturated rings. The summed E-state index contributed by atoms with van der Waals surface area (Å²) in [4.78, 5) is 80.1. The number of nitrogens with one attached hydrogen (secondary N) is 2. The summed E-state index contributed by atoms with van der Waals surface area (Å²) in [6.45, 7) is 17.7. The normalized spacial score (nSPS) is 32.6. The lowest BCUT2D eigenvalue weighted by atomic mass is 9.78. The number of alkyl halides is 1. The summed E-state index contributed by atoms with van der Waals surface area (Å²) in [6.07, 6.45) is 5.38. The molecule has 72 heavy (non-hydrogen) atoms. The number of aliphatic imine (C=N–C) groups is 1. The zero-order valence-corrected chi connectivity index (χ0v) is 45.2. The van der Waals surface area contributed by atoms with Crippen molar-refractivity contribution in [2.24, 2.45) is 34.6 Å². The molecule has 6 aliphatic heterocycles. The minimum Gasteiger partial charge on any atom is -0.507 e. The highest BCUT2D eigenvalue weighted by Crippen LogP contribution is 2.50. The van der Waals surface area contributed by atoms with Gasteiger partial charge in [0.05, 0.1) is 53.7 Å². The van der Waals surface area contributed by atoms with Crippen molar-refractivity contribution in [2.75, 3.05) is 53.5 Å². The number of allylic oxidation sites excluding steroid dienone is 4. The highest BCUT2D eigenvalue weighted by atomic mass is 127. The Kier molecular flexibility index (Phi) is 17.2. The number of methoxy groups -OCH3 is 1. The molecule has 10 atom stereocenters. The average molecular weight is 1110 g/mol. The fourth-order valence-corrected chi connectivity index (χ4v) is 11.3. The topological polar surface area (TPSA) is 235 Å². The Labute approximate surface area is 435 Å². The number of phenols is 1. The first-order valence-corrected chi connectivity index (χ1v) is 26.3. The zero-order chi connectivity index (χ0) is 52.6. The molecular weight excluding hydrogens is 1040 g/mol. The number of esters is 2. The summed E-state index contributed by atoms with van der Waals surface area (Å²) in [5, 5.41) is 41.7. The monoisotopic (exact) mass is 1110 g/mol. The summed E-state index contributed by atoms with van der Waals surface area (Å²) in [5.74, 6) is -8.81. The van der Waals surface area contributed by atoms with Crippen molar-refractivity contribution in [3.63, 3.8) is 0 Å². The molecule has 1 aliphatic carbocycles. The molecule has 0 radical (unpaired) electrons. The molecule has 8 rings (SSSR count). The van der Waals surface area contributed by atoms with Gasteiger partial charge in [0.1, 0.15) is 35.4 Å². The van der Waals surface area contributed by atoms with E-state index < -0.39 is 101 Å². The van der Waals surface area contributed by atoms with E-state index in [1.54, 1.807) is 46.8 Å². The van der Waals surface area contributed by atoms with Crippen LogP contribution >= 0.6 is 22.6 Å². The summed E-state index contributed by atoms with van der Waals surface area (Å²) in [7, 11) is 3.47. The van der Waals surface area contributed by atoms with Crippen molar-refractivity contribution in [1.82, 2.24) is 20.4 Å². The quantitative estimate of drug-likeness (QED) is 0.0993. The second-order valence-corrected chi connectivity index (χ2v) is 23.0. The second-order valence-electron chi connectivity index (χ2n) is 20.9. The van der Waals surface area contributed by atoms with Crippen LogP contribution in [0.4, 0.5) is 0 Å². The number of aliphatic hydroxyl groups is 2. The number of piperidine rings is 2. The van der Waals surface area contributed by atoms with Crippen LogP contribution in [0.15, 0.2) is 52.5 Å². The van der Waals surface area contributed by atoms with Gasteiger partial charge in [0.15, 0.2) is 0 Å². The standard InChI is InChI=1S/C53H72IN5O13/c1-27-12-11-13-28(2)51(67)55-43-42-41(56-53(57-42)17-21-59(22-18-53)25-29(3)54)38-39(47(43)65)46(64)33(7)49-40(38)50(66)52(8,72-49)70-23-16-35(68-10)30(4)48(32(6)45(63)31(5)44(27)62)71-37(61)24-36(60)69-26-34-14-19-58(9)20-15-34/h11-13,16,23,27,29-32,34-35,44-45,48,57,62-64H,14-15,17-22,24-26H2,1-10H3,(H,55,67)/b12-11+,23-16+,28-13-/t27-,29?,30+,31+,32+,35-,44-,45+,48+,52-/m0/s1. The number of phenolic OH excluding ortho intramolecular Hbond substituents is 1. The molecule has 2 saturated heterocycles. The van der Waals surface area contributed by atoms with Crippen LogP contribution in [0.1, 0.15) is 112 Å². The van der Waals surface area contributed by atoms with Gasteiger partial charge < -0.3 is 59.4 Å². The molecule has 5 N–H and O–H groups in total. The molecule has 1 amide bonds. The summed E-state index contributed by atoms with van der Waals surface area (Å²) >= 11 is 2.40. The van der Waals surface area contributed by atoms with Gasteiger partial charge in [0, 0.05) is 90.8 Å². The molecule has 6 heterocycles. The molecule has 5 bridgehead atoms. The van der Waals surface area contributed by atoms with Crippen molar-refractivity contribution in [1.29, 1.82) is 0 Å².